The van der Waals surface area contributed by atoms with Gasteiger partial charge in [0.1, 0.15) is 5.82 Å². The van der Waals surface area contributed by atoms with Gasteiger partial charge in [-0.2, -0.15) is 0 Å². The molecule has 1 unspecified atom stereocenters. The monoisotopic (exact) mass is 275 g/mol. The summed E-state index contributed by atoms with van der Waals surface area (Å²) in [5.41, 5.74) is 5.96. The fraction of sp³-hybridized carbons (Fsp3) is 0.300. The number of halogens is 2. The summed E-state index contributed by atoms with van der Waals surface area (Å²) < 4.78 is 18.2. The van der Waals surface area contributed by atoms with Crippen LogP contribution in [0.25, 0.3) is 0 Å². The van der Waals surface area contributed by atoms with Gasteiger partial charge in [-0.3, -0.25) is 4.79 Å². The van der Waals surface area contributed by atoms with Crippen LogP contribution in [0.1, 0.15) is 11.5 Å². The molecule has 0 aromatic heterocycles. The summed E-state index contributed by atoms with van der Waals surface area (Å²) in [5, 5.41) is 0. The third-order valence-corrected chi connectivity index (χ3v) is 2.78. The van der Waals surface area contributed by atoms with E-state index in [1.54, 1.807) is 0 Å². The lowest BCUT2D eigenvalue weighted by molar-refractivity contribution is -0.142. The Morgan fingerprint density at radius 2 is 2.33 bits per heavy atom. The fourth-order valence-corrected chi connectivity index (χ4v) is 1.80. The average Bonchev–Trinajstić information content (AvgIpc) is 2.23. The summed E-state index contributed by atoms with van der Waals surface area (Å²) in [6.45, 7) is 0.0781. The van der Waals surface area contributed by atoms with Crippen molar-refractivity contribution in [1.82, 2.24) is 0 Å². The molecule has 0 saturated heterocycles. The molecule has 82 valence electrons. The van der Waals surface area contributed by atoms with Gasteiger partial charge in [-0.05, 0) is 23.8 Å². The molecule has 1 aromatic rings. The molecular formula is C10H11BrFNO2. The van der Waals surface area contributed by atoms with Crippen molar-refractivity contribution in [1.29, 1.82) is 0 Å². The molecule has 3 nitrogen and oxygen atoms in total. The van der Waals surface area contributed by atoms with Crippen LogP contribution in [0.5, 0.6) is 0 Å². The lowest BCUT2D eigenvalue weighted by Gasteiger charge is -2.14. The number of rotatable bonds is 3. The maximum absolute atomic E-state index is 13.0. The summed E-state index contributed by atoms with van der Waals surface area (Å²) in [4.78, 5) is 11.4. The predicted molar refractivity (Wildman–Crippen MR) is 57.9 cm³/mol. The maximum atomic E-state index is 13.0. The summed E-state index contributed by atoms with van der Waals surface area (Å²) in [5.74, 6) is -1.51. The summed E-state index contributed by atoms with van der Waals surface area (Å²) >= 11 is 3.24. The first-order chi connectivity index (χ1) is 7.10. The first-order valence-corrected chi connectivity index (χ1v) is 5.12. The van der Waals surface area contributed by atoms with E-state index >= 15 is 0 Å². The van der Waals surface area contributed by atoms with Gasteiger partial charge >= 0.3 is 5.97 Å². The van der Waals surface area contributed by atoms with E-state index in [9.17, 15) is 9.18 Å². The minimum absolute atomic E-state index is 0.0781. The Hall–Kier alpha value is -0.940. The summed E-state index contributed by atoms with van der Waals surface area (Å²) in [6, 6.07) is 4.12. The Morgan fingerprint density at radius 3 is 2.87 bits per heavy atom. The molecular weight excluding hydrogens is 265 g/mol. The van der Waals surface area contributed by atoms with Gasteiger partial charge in [-0.15, -0.1) is 0 Å². The Kier molecular flexibility index (Phi) is 4.23. The van der Waals surface area contributed by atoms with Crippen LogP contribution in [0.4, 0.5) is 4.39 Å². The van der Waals surface area contributed by atoms with Gasteiger partial charge in [-0.25, -0.2) is 4.39 Å². The molecule has 1 atom stereocenters. The Bertz CT molecular complexity index is 370. The Labute approximate surface area is 95.5 Å². The zero-order valence-electron chi connectivity index (χ0n) is 8.17. The standard InChI is InChI=1S/C10H11BrFNO2/c1-15-10(14)8(5-13)7-4-6(12)2-3-9(7)11/h2-4,8H,5,13H2,1H3. The topological polar surface area (TPSA) is 52.3 Å². The van der Waals surface area contributed by atoms with Crippen molar-refractivity contribution in [3.8, 4) is 0 Å². The first kappa shape index (κ1) is 12.1. The van der Waals surface area contributed by atoms with Gasteiger partial charge < -0.3 is 10.5 Å². The summed E-state index contributed by atoms with van der Waals surface area (Å²) in [6.07, 6.45) is 0. The Morgan fingerprint density at radius 1 is 1.67 bits per heavy atom. The smallest absolute Gasteiger partial charge is 0.314 e. The molecule has 0 aliphatic heterocycles. The van der Waals surface area contributed by atoms with E-state index in [-0.39, 0.29) is 6.54 Å². The highest BCUT2D eigenvalue weighted by atomic mass is 79.9. The third kappa shape index (κ3) is 2.76. The number of hydrogen-bond donors (Lipinski definition) is 1. The first-order valence-electron chi connectivity index (χ1n) is 4.33. The molecule has 2 N–H and O–H groups in total. The number of hydrogen-bond acceptors (Lipinski definition) is 3. The van der Waals surface area contributed by atoms with E-state index in [2.05, 4.69) is 20.7 Å². The number of esters is 1. The molecule has 5 heteroatoms. The molecule has 1 aromatic carbocycles. The second kappa shape index (κ2) is 5.23. The largest absolute Gasteiger partial charge is 0.469 e. The van der Waals surface area contributed by atoms with Gasteiger partial charge in [0, 0.05) is 11.0 Å². The maximum Gasteiger partial charge on any atom is 0.314 e. The van der Waals surface area contributed by atoms with Crippen molar-refractivity contribution in [2.75, 3.05) is 13.7 Å². The molecule has 0 amide bonds. The molecule has 0 aliphatic rings. The van der Waals surface area contributed by atoms with Crippen LogP contribution >= 0.6 is 15.9 Å². The zero-order valence-corrected chi connectivity index (χ0v) is 9.75. The molecule has 1 rings (SSSR count). The van der Waals surface area contributed by atoms with Crippen LogP contribution < -0.4 is 5.73 Å². The molecule has 0 radical (unpaired) electrons. The van der Waals surface area contributed by atoms with Crippen LogP contribution in [-0.4, -0.2) is 19.6 Å². The highest BCUT2D eigenvalue weighted by molar-refractivity contribution is 9.10. The minimum atomic E-state index is -0.639. The fourth-order valence-electron chi connectivity index (χ4n) is 1.27. The van der Waals surface area contributed by atoms with Crippen LogP contribution in [0.15, 0.2) is 22.7 Å². The molecule has 0 aliphatic carbocycles. The minimum Gasteiger partial charge on any atom is -0.469 e. The van der Waals surface area contributed by atoms with E-state index in [0.29, 0.717) is 10.0 Å². The van der Waals surface area contributed by atoms with E-state index in [4.69, 9.17) is 5.73 Å². The molecule has 0 spiro atoms. The van der Waals surface area contributed by atoms with E-state index in [1.807, 2.05) is 0 Å². The van der Waals surface area contributed by atoms with E-state index in [0.717, 1.165) is 0 Å². The number of benzene rings is 1. The van der Waals surface area contributed by atoms with Crippen LogP contribution in [0, 0.1) is 5.82 Å². The molecule has 0 saturated carbocycles. The highest BCUT2D eigenvalue weighted by Gasteiger charge is 2.22. The second-order valence-electron chi connectivity index (χ2n) is 2.98. The van der Waals surface area contributed by atoms with Crippen LogP contribution in [0.2, 0.25) is 0 Å². The normalized spacial score (nSPS) is 12.3. The molecule has 0 bridgehead atoms. The van der Waals surface area contributed by atoms with E-state index < -0.39 is 17.7 Å². The van der Waals surface area contributed by atoms with Crippen LogP contribution in [-0.2, 0) is 9.53 Å². The number of carbonyl (C=O) groups is 1. The lowest BCUT2D eigenvalue weighted by Crippen LogP contribution is -2.23. The highest BCUT2D eigenvalue weighted by Crippen LogP contribution is 2.26. The van der Waals surface area contributed by atoms with Gasteiger partial charge in [0.15, 0.2) is 0 Å². The van der Waals surface area contributed by atoms with Crippen LogP contribution in [0.3, 0.4) is 0 Å². The number of carbonyl (C=O) groups excluding carboxylic acids is 1. The zero-order chi connectivity index (χ0) is 11.4. The SMILES string of the molecule is COC(=O)C(CN)c1cc(F)ccc1Br. The third-order valence-electron chi connectivity index (χ3n) is 2.05. The van der Waals surface area contributed by atoms with Crippen molar-refractivity contribution in [3.05, 3.63) is 34.1 Å². The van der Waals surface area contributed by atoms with Gasteiger partial charge in [0.05, 0.1) is 13.0 Å². The number of ether oxygens (including phenoxy) is 1. The lowest BCUT2D eigenvalue weighted by atomic mass is 9.99. The summed E-state index contributed by atoms with van der Waals surface area (Å²) in [7, 11) is 1.28. The molecule has 0 fully saturated rings. The Balaban J connectivity index is 3.11. The second-order valence-corrected chi connectivity index (χ2v) is 3.83. The van der Waals surface area contributed by atoms with Crippen molar-refractivity contribution < 1.29 is 13.9 Å². The van der Waals surface area contributed by atoms with Crippen molar-refractivity contribution in [2.24, 2.45) is 5.73 Å². The van der Waals surface area contributed by atoms with Gasteiger partial charge in [0.2, 0.25) is 0 Å². The van der Waals surface area contributed by atoms with E-state index in [1.165, 1.54) is 25.3 Å². The van der Waals surface area contributed by atoms with Crippen molar-refractivity contribution in [2.45, 2.75) is 5.92 Å². The number of nitrogens with two attached hydrogens (primary N) is 1. The van der Waals surface area contributed by atoms with Crippen molar-refractivity contribution >= 4 is 21.9 Å². The average molecular weight is 276 g/mol. The van der Waals surface area contributed by atoms with Gasteiger partial charge in [-0.1, -0.05) is 15.9 Å². The predicted octanol–water partition coefficient (Wildman–Crippen LogP) is 1.80. The quantitative estimate of drug-likeness (QED) is 0.856. The number of methoxy groups -OCH3 is 1. The van der Waals surface area contributed by atoms with Gasteiger partial charge in [0.25, 0.3) is 0 Å². The molecule has 15 heavy (non-hydrogen) atoms. The van der Waals surface area contributed by atoms with Crippen molar-refractivity contribution in [3.63, 3.8) is 0 Å². The molecule has 0 heterocycles.